The molecule has 1 N–H and O–H groups in total. The number of nitrogens with one attached hydrogen (secondary N) is 1. The molecule has 1 aromatic heterocycles. The molecule has 0 bridgehead atoms. The minimum atomic E-state index is -3.63. The lowest BCUT2D eigenvalue weighted by Crippen LogP contribution is -2.30. The van der Waals surface area contributed by atoms with Gasteiger partial charge in [0.1, 0.15) is 5.01 Å². The summed E-state index contributed by atoms with van der Waals surface area (Å²) in [6.07, 6.45) is 2.26. The number of nitrogens with zero attached hydrogens (tertiary/aromatic N) is 2. The number of hydrogen-bond acceptors (Lipinski definition) is 6. The molecule has 0 unspecified atom stereocenters. The summed E-state index contributed by atoms with van der Waals surface area (Å²) in [5.41, 5.74) is 0.306. The second kappa shape index (κ2) is 7.61. The van der Waals surface area contributed by atoms with Gasteiger partial charge in [0.05, 0.1) is 17.5 Å². The Bertz CT molecular complexity index is 837. The van der Waals surface area contributed by atoms with E-state index >= 15 is 0 Å². The third-order valence-corrected chi connectivity index (χ3v) is 6.70. The van der Waals surface area contributed by atoms with E-state index in [2.05, 4.69) is 10.3 Å². The molecule has 3 rings (SSSR count). The predicted octanol–water partition coefficient (Wildman–Crippen LogP) is 1.48. The Balaban J connectivity index is 1.73. The van der Waals surface area contributed by atoms with Crippen LogP contribution in [0, 0.1) is 0 Å². The van der Waals surface area contributed by atoms with Gasteiger partial charge in [-0.15, -0.1) is 11.3 Å². The summed E-state index contributed by atoms with van der Waals surface area (Å²) in [6, 6.07) is 6.09. The van der Waals surface area contributed by atoms with Gasteiger partial charge in [0.2, 0.25) is 10.0 Å². The zero-order chi connectivity index (χ0) is 17.9. The molecule has 134 valence electrons. The van der Waals surface area contributed by atoms with Gasteiger partial charge in [0.25, 0.3) is 5.91 Å². The second-order valence-corrected chi connectivity index (χ2v) is 8.56. The molecule has 2 aromatic rings. The fourth-order valence-electron chi connectivity index (χ4n) is 2.65. The Morgan fingerprint density at radius 2 is 2.32 bits per heavy atom. The van der Waals surface area contributed by atoms with Crippen molar-refractivity contribution >= 4 is 27.3 Å². The number of aromatic nitrogens is 1. The number of ether oxygens (including phenoxy) is 1. The van der Waals surface area contributed by atoms with Crippen LogP contribution in [0.3, 0.4) is 0 Å². The van der Waals surface area contributed by atoms with E-state index < -0.39 is 10.0 Å². The van der Waals surface area contributed by atoms with Crippen LogP contribution in [0.15, 0.2) is 40.7 Å². The van der Waals surface area contributed by atoms with Gasteiger partial charge in [-0.2, -0.15) is 4.31 Å². The van der Waals surface area contributed by atoms with E-state index in [9.17, 15) is 13.2 Å². The number of sulfonamides is 1. The third kappa shape index (κ3) is 4.06. The van der Waals surface area contributed by atoms with Crippen molar-refractivity contribution in [3.63, 3.8) is 0 Å². The van der Waals surface area contributed by atoms with Crippen molar-refractivity contribution in [1.29, 1.82) is 0 Å². The maximum Gasteiger partial charge on any atom is 0.251 e. The third-order valence-electron chi connectivity index (χ3n) is 4.06. The molecule has 1 fully saturated rings. The highest BCUT2D eigenvalue weighted by Gasteiger charge is 2.32. The molecule has 0 spiro atoms. The fourth-order valence-corrected chi connectivity index (χ4v) is 4.74. The summed E-state index contributed by atoms with van der Waals surface area (Å²) < 4.78 is 32.1. The summed E-state index contributed by atoms with van der Waals surface area (Å²) in [4.78, 5) is 16.5. The number of amides is 1. The lowest BCUT2D eigenvalue weighted by molar-refractivity contribution is 0.0950. The zero-order valence-corrected chi connectivity index (χ0v) is 15.3. The first-order valence-electron chi connectivity index (χ1n) is 7.80. The number of hydrogen-bond donors (Lipinski definition) is 1. The molecular weight excluding hydrogens is 362 g/mol. The van der Waals surface area contributed by atoms with Crippen LogP contribution in [-0.4, -0.2) is 49.9 Å². The molecule has 1 aliphatic heterocycles. The largest absolute Gasteiger partial charge is 0.380 e. The van der Waals surface area contributed by atoms with Crippen molar-refractivity contribution in [2.45, 2.75) is 24.0 Å². The number of carbonyl (C=O) groups excluding carboxylic acids is 1. The number of benzene rings is 1. The molecule has 1 saturated heterocycles. The lowest BCUT2D eigenvalue weighted by atomic mass is 10.2. The Labute approximate surface area is 150 Å². The standard InChI is InChI=1S/C16H19N3O4S2/c1-23-13-5-7-19(11-13)25(21,22)14-4-2-3-12(9-14)16(20)18-10-15-17-6-8-24-15/h2-4,6,8-9,13H,5,7,10-11H2,1H3,(H,18,20)/t13-/m1/s1. The average molecular weight is 381 g/mol. The maximum atomic E-state index is 12.7. The van der Waals surface area contributed by atoms with E-state index in [1.54, 1.807) is 25.4 Å². The summed E-state index contributed by atoms with van der Waals surface area (Å²) in [7, 11) is -2.06. The Kier molecular flexibility index (Phi) is 5.48. The van der Waals surface area contributed by atoms with Crippen LogP contribution < -0.4 is 5.32 Å². The van der Waals surface area contributed by atoms with Gasteiger partial charge in [0.15, 0.2) is 0 Å². The maximum absolute atomic E-state index is 12.7. The molecule has 1 atom stereocenters. The molecule has 1 aliphatic rings. The normalized spacial score (nSPS) is 18.4. The summed E-state index contributed by atoms with van der Waals surface area (Å²) in [5, 5.41) is 5.37. The van der Waals surface area contributed by atoms with E-state index in [1.807, 2.05) is 5.38 Å². The molecule has 1 aromatic carbocycles. The smallest absolute Gasteiger partial charge is 0.251 e. The Hall–Kier alpha value is -1.81. The molecule has 0 radical (unpaired) electrons. The van der Waals surface area contributed by atoms with Crippen LogP contribution in [0.2, 0.25) is 0 Å². The molecule has 1 amide bonds. The average Bonchev–Trinajstić information content (AvgIpc) is 3.31. The van der Waals surface area contributed by atoms with Crippen LogP contribution >= 0.6 is 11.3 Å². The van der Waals surface area contributed by atoms with E-state index in [4.69, 9.17) is 4.74 Å². The van der Waals surface area contributed by atoms with Crippen molar-refractivity contribution in [3.05, 3.63) is 46.4 Å². The molecule has 7 nitrogen and oxygen atoms in total. The van der Waals surface area contributed by atoms with Gasteiger partial charge in [-0.1, -0.05) is 6.07 Å². The Morgan fingerprint density at radius 3 is 3.00 bits per heavy atom. The molecule has 25 heavy (non-hydrogen) atoms. The van der Waals surface area contributed by atoms with Crippen LogP contribution in [0.25, 0.3) is 0 Å². The molecular formula is C16H19N3O4S2. The zero-order valence-electron chi connectivity index (χ0n) is 13.7. The molecule has 9 heteroatoms. The van der Waals surface area contributed by atoms with Gasteiger partial charge < -0.3 is 10.1 Å². The monoisotopic (exact) mass is 381 g/mol. The van der Waals surface area contributed by atoms with E-state index in [-0.39, 0.29) is 16.9 Å². The van der Waals surface area contributed by atoms with Crippen molar-refractivity contribution in [2.75, 3.05) is 20.2 Å². The number of thiazole rings is 1. The summed E-state index contributed by atoms with van der Waals surface area (Å²) in [6.45, 7) is 1.07. The van der Waals surface area contributed by atoms with Crippen molar-refractivity contribution < 1.29 is 17.9 Å². The first-order chi connectivity index (χ1) is 12.0. The van der Waals surface area contributed by atoms with Crippen molar-refractivity contribution in [2.24, 2.45) is 0 Å². The van der Waals surface area contributed by atoms with Crippen LogP contribution in [0.4, 0.5) is 0 Å². The van der Waals surface area contributed by atoms with Gasteiger partial charge in [-0.05, 0) is 24.6 Å². The van der Waals surface area contributed by atoms with Crippen molar-refractivity contribution in [3.8, 4) is 0 Å². The number of carbonyl (C=O) groups is 1. The highest BCUT2D eigenvalue weighted by molar-refractivity contribution is 7.89. The van der Waals surface area contributed by atoms with Gasteiger partial charge in [-0.3, -0.25) is 4.79 Å². The van der Waals surface area contributed by atoms with Crippen molar-refractivity contribution in [1.82, 2.24) is 14.6 Å². The highest BCUT2D eigenvalue weighted by atomic mass is 32.2. The topological polar surface area (TPSA) is 88.6 Å². The SMILES string of the molecule is CO[C@@H]1CCN(S(=O)(=O)c2cccc(C(=O)NCc3nccs3)c2)C1. The van der Waals surface area contributed by atoms with E-state index in [0.29, 0.717) is 31.6 Å². The number of methoxy groups -OCH3 is 1. The van der Waals surface area contributed by atoms with Gasteiger partial charge >= 0.3 is 0 Å². The minimum Gasteiger partial charge on any atom is -0.380 e. The predicted molar refractivity (Wildman–Crippen MR) is 93.9 cm³/mol. The van der Waals surface area contributed by atoms with Crippen LogP contribution in [0.5, 0.6) is 0 Å². The molecule has 0 saturated carbocycles. The van der Waals surface area contributed by atoms with Gasteiger partial charge in [0, 0.05) is 37.3 Å². The minimum absolute atomic E-state index is 0.0837. The summed E-state index contributed by atoms with van der Waals surface area (Å²) >= 11 is 1.45. The fraction of sp³-hybridized carbons (Fsp3) is 0.375. The lowest BCUT2D eigenvalue weighted by Gasteiger charge is -2.16. The van der Waals surface area contributed by atoms with E-state index in [1.165, 1.54) is 27.8 Å². The van der Waals surface area contributed by atoms with E-state index in [0.717, 1.165) is 5.01 Å². The van der Waals surface area contributed by atoms with Crippen LogP contribution in [0.1, 0.15) is 21.8 Å². The Morgan fingerprint density at radius 1 is 1.48 bits per heavy atom. The number of rotatable bonds is 6. The van der Waals surface area contributed by atoms with Gasteiger partial charge in [-0.25, -0.2) is 13.4 Å². The molecule has 0 aliphatic carbocycles. The first kappa shape index (κ1) is 18.0. The molecule has 2 heterocycles. The quantitative estimate of drug-likeness (QED) is 0.819. The summed E-state index contributed by atoms with van der Waals surface area (Å²) in [5.74, 6) is -0.330. The van der Waals surface area contributed by atoms with Crippen LogP contribution in [-0.2, 0) is 21.3 Å². The highest BCUT2D eigenvalue weighted by Crippen LogP contribution is 2.23. The first-order valence-corrected chi connectivity index (χ1v) is 10.1. The second-order valence-electron chi connectivity index (χ2n) is 5.65.